The van der Waals surface area contributed by atoms with Crippen LogP contribution in [0.4, 0.5) is 4.39 Å². The lowest BCUT2D eigenvalue weighted by Gasteiger charge is -2.11. The molecule has 2 aromatic carbocycles. The average Bonchev–Trinajstić information content (AvgIpc) is 2.66. The minimum atomic E-state index is -0.299. The SMILES string of the molecule is O=C(COc1ccccc1)NCc1cccnc1-c1ccc(F)cc1. The van der Waals surface area contributed by atoms with Crippen molar-refractivity contribution in [3.05, 3.63) is 84.3 Å². The van der Waals surface area contributed by atoms with Crippen LogP contribution in [0.1, 0.15) is 5.56 Å². The van der Waals surface area contributed by atoms with E-state index in [-0.39, 0.29) is 18.3 Å². The molecule has 1 aromatic heterocycles. The van der Waals surface area contributed by atoms with E-state index >= 15 is 0 Å². The molecule has 1 heterocycles. The summed E-state index contributed by atoms with van der Waals surface area (Å²) in [6, 6.07) is 19.0. The maximum Gasteiger partial charge on any atom is 0.258 e. The van der Waals surface area contributed by atoms with Crippen molar-refractivity contribution in [3.8, 4) is 17.0 Å². The number of carbonyl (C=O) groups is 1. The minimum Gasteiger partial charge on any atom is -0.484 e. The Labute approximate surface area is 145 Å². The van der Waals surface area contributed by atoms with Gasteiger partial charge in [0.25, 0.3) is 5.91 Å². The summed E-state index contributed by atoms with van der Waals surface area (Å²) >= 11 is 0. The Bertz CT molecular complexity index is 836. The van der Waals surface area contributed by atoms with Crippen molar-refractivity contribution < 1.29 is 13.9 Å². The number of carbonyl (C=O) groups excluding carboxylic acids is 1. The largest absolute Gasteiger partial charge is 0.484 e. The van der Waals surface area contributed by atoms with E-state index in [9.17, 15) is 9.18 Å². The fourth-order valence-electron chi connectivity index (χ4n) is 2.36. The lowest BCUT2D eigenvalue weighted by atomic mass is 10.1. The highest BCUT2D eigenvalue weighted by Crippen LogP contribution is 2.21. The van der Waals surface area contributed by atoms with Gasteiger partial charge in [-0.25, -0.2) is 4.39 Å². The van der Waals surface area contributed by atoms with Crippen LogP contribution >= 0.6 is 0 Å². The number of nitrogens with zero attached hydrogens (tertiary/aromatic N) is 1. The number of ether oxygens (including phenoxy) is 1. The van der Waals surface area contributed by atoms with Crippen LogP contribution in [0.25, 0.3) is 11.3 Å². The molecule has 0 bridgehead atoms. The zero-order valence-electron chi connectivity index (χ0n) is 13.5. The molecule has 0 aliphatic carbocycles. The molecular formula is C20H17FN2O2. The zero-order chi connectivity index (χ0) is 17.5. The lowest BCUT2D eigenvalue weighted by molar-refractivity contribution is -0.123. The molecule has 0 aliphatic rings. The summed E-state index contributed by atoms with van der Waals surface area (Å²) in [6.07, 6.45) is 1.67. The fraction of sp³-hybridized carbons (Fsp3) is 0.100. The van der Waals surface area contributed by atoms with Crippen LogP contribution in [-0.4, -0.2) is 17.5 Å². The maximum atomic E-state index is 13.1. The number of hydrogen-bond donors (Lipinski definition) is 1. The van der Waals surface area contributed by atoms with Crippen molar-refractivity contribution in [3.63, 3.8) is 0 Å². The predicted octanol–water partition coefficient (Wildman–Crippen LogP) is 3.58. The number of pyridine rings is 1. The van der Waals surface area contributed by atoms with E-state index in [1.165, 1.54) is 12.1 Å². The quantitative estimate of drug-likeness (QED) is 0.748. The Morgan fingerprint density at radius 2 is 1.76 bits per heavy atom. The first-order chi connectivity index (χ1) is 12.2. The van der Waals surface area contributed by atoms with Gasteiger partial charge >= 0.3 is 0 Å². The van der Waals surface area contributed by atoms with Crippen LogP contribution in [0.2, 0.25) is 0 Å². The van der Waals surface area contributed by atoms with E-state index in [2.05, 4.69) is 10.3 Å². The van der Waals surface area contributed by atoms with Gasteiger partial charge < -0.3 is 10.1 Å². The van der Waals surface area contributed by atoms with Crippen molar-refractivity contribution >= 4 is 5.91 Å². The number of halogens is 1. The summed E-state index contributed by atoms with van der Waals surface area (Å²) in [4.78, 5) is 16.3. The van der Waals surface area contributed by atoms with Crippen LogP contribution in [-0.2, 0) is 11.3 Å². The van der Waals surface area contributed by atoms with E-state index in [0.29, 0.717) is 18.0 Å². The zero-order valence-corrected chi connectivity index (χ0v) is 13.5. The number of para-hydroxylation sites is 1. The van der Waals surface area contributed by atoms with Gasteiger partial charge in [0.2, 0.25) is 0 Å². The first-order valence-corrected chi connectivity index (χ1v) is 7.87. The van der Waals surface area contributed by atoms with E-state index in [1.54, 1.807) is 36.5 Å². The number of benzene rings is 2. The summed E-state index contributed by atoms with van der Waals surface area (Å²) in [5.74, 6) is 0.122. The van der Waals surface area contributed by atoms with Crippen molar-refractivity contribution in [2.75, 3.05) is 6.61 Å². The molecule has 0 atom stereocenters. The molecule has 0 radical (unpaired) electrons. The number of hydrogen-bond acceptors (Lipinski definition) is 3. The molecule has 5 heteroatoms. The summed E-state index contributed by atoms with van der Waals surface area (Å²) in [5, 5.41) is 2.81. The fourth-order valence-corrected chi connectivity index (χ4v) is 2.36. The minimum absolute atomic E-state index is 0.0594. The molecule has 1 N–H and O–H groups in total. The van der Waals surface area contributed by atoms with Crippen LogP contribution in [0, 0.1) is 5.82 Å². The first-order valence-electron chi connectivity index (χ1n) is 7.87. The Morgan fingerprint density at radius 3 is 2.52 bits per heavy atom. The van der Waals surface area contributed by atoms with Crippen molar-refractivity contribution in [1.29, 1.82) is 0 Å². The van der Waals surface area contributed by atoms with Crippen molar-refractivity contribution in [2.24, 2.45) is 0 Å². The van der Waals surface area contributed by atoms with Crippen LogP contribution < -0.4 is 10.1 Å². The monoisotopic (exact) mass is 336 g/mol. The Hall–Kier alpha value is -3.21. The van der Waals surface area contributed by atoms with Gasteiger partial charge in [0.05, 0.1) is 5.69 Å². The summed E-state index contributed by atoms with van der Waals surface area (Å²) < 4.78 is 18.5. The molecule has 1 amide bonds. The summed E-state index contributed by atoms with van der Waals surface area (Å²) in [7, 11) is 0. The number of aromatic nitrogens is 1. The summed E-state index contributed by atoms with van der Waals surface area (Å²) in [6.45, 7) is 0.258. The molecule has 0 spiro atoms. The second kappa shape index (κ2) is 8.06. The number of rotatable bonds is 6. The molecule has 3 aromatic rings. The highest BCUT2D eigenvalue weighted by Gasteiger charge is 2.09. The van der Waals surface area contributed by atoms with Gasteiger partial charge in [-0.05, 0) is 48.0 Å². The number of amides is 1. The van der Waals surface area contributed by atoms with E-state index in [4.69, 9.17) is 4.74 Å². The topological polar surface area (TPSA) is 51.2 Å². The van der Waals surface area contributed by atoms with Gasteiger partial charge in [0, 0.05) is 18.3 Å². The molecule has 0 fully saturated rings. The summed E-state index contributed by atoms with van der Waals surface area (Å²) in [5.41, 5.74) is 2.36. The van der Waals surface area contributed by atoms with Gasteiger partial charge in [0.15, 0.2) is 6.61 Å². The Balaban J connectivity index is 1.61. The molecule has 0 unspecified atom stereocenters. The molecule has 4 nitrogen and oxygen atoms in total. The second-order valence-electron chi connectivity index (χ2n) is 5.40. The van der Waals surface area contributed by atoms with Gasteiger partial charge in [0.1, 0.15) is 11.6 Å². The molecule has 0 saturated heterocycles. The normalized spacial score (nSPS) is 10.3. The van der Waals surface area contributed by atoms with Crippen LogP contribution in [0.5, 0.6) is 5.75 Å². The molecule has 0 aliphatic heterocycles. The van der Waals surface area contributed by atoms with Gasteiger partial charge in [-0.3, -0.25) is 9.78 Å². The Kier molecular flexibility index (Phi) is 5.36. The van der Waals surface area contributed by atoms with Crippen LogP contribution in [0.15, 0.2) is 72.9 Å². The first kappa shape index (κ1) is 16.6. The van der Waals surface area contributed by atoms with Crippen LogP contribution in [0.3, 0.4) is 0 Å². The van der Waals surface area contributed by atoms with Gasteiger partial charge in [-0.2, -0.15) is 0 Å². The lowest BCUT2D eigenvalue weighted by Crippen LogP contribution is -2.28. The van der Waals surface area contributed by atoms with E-state index in [1.807, 2.05) is 24.3 Å². The molecule has 25 heavy (non-hydrogen) atoms. The maximum absolute atomic E-state index is 13.1. The highest BCUT2D eigenvalue weighted by molar-refractivity contribution is 5.77. The van der Waals surface area contributed by atoms with Crippen molar-refractivity contribution in [2.45, 2.75) is 6.54 Å². The third kappa shape index (κ3) is 4.64. The molecule has 3 rings (SSSR count). The standard InChI is InChI=1S/C20H17FN2O2/c21-17-10-8-15(9-11-17)20-16(5-4-12-22-20)13-23-19(24)14-25-18-6-2-1-3-7-18/h1-12H,13-14H2,(H,23,24). The van der Waals surface area contributed by atoms with Gasteiger partial charge in [-0.15, -0.1) is 0 Å². The van der Waals surface area contributed by atoms with E-state index in [0.717, 1.165) is 11.1 Å². The second-order valence-corrected chi connectivity index (χ2v) is 5.40. The third-order valence-electron chi connectivity index (χ3n) is 3.60. The number of nitrogens with one attached hydrogen (secondary N) is 1. The molecule has 126 valence electrons. The highest BCUT2D eigenvalue weighted by atomic mass is 19.1. The molecule has 0 saturated carbocycles. The smallest absolute Gasteiger partial charge is 0.258 e. The molecular weight excluding hydrogens is 319 g/mol. The average molecular weight is 336 g/mol. The van der Waals surface area contributed by atoms with Crippen molar-refractivity contribution in [1.82, 2.24) is 10.3 Å². The van der Waals surface area contributed by atoms with E-state index < -0.39 is 0 Å². The Morgan fingerprint density at radius 1 is 1.00 bits per heavy atom. The predicted molar refractivity (Wildman–Crippen MR) is 93.4 cm³/mol. The third-order valence-corrected chi connectivity index (χ3v) is 3.60. The van der Waals surface area contributed by atoms with Gasteiger partial charge in [-0.1, -0.05) is 24.3 Å².